The molecule has 0 spiro atoms. The first-order chi connectivity index (χ1) is 9.61. The number of imidazole rings is 1. The van der Waals surface area contributed by atoms with E-state index in [2.05, 4.69) is 26.6 Å². The zero-order valence-electron chi connectivity index (χ0n) is 11.7. The fourth-order valence-electron chi connectivity index (χ4n) is 2.50. The van der Waals surface area contributed by atoms with Crippen molar-refractivity contribution < 1.29 is 0 Å². The third kappa shape index (κ3) is 2.13. The molecule has 0 aliphatic rings. The van der Waals surface area contributed by atoms with E-state index < -0.39 is 0 Å². The Hall–Kier alpha value is -1.40. The van der Waals surface area contributed by atoms with E-state index in [-0.39, 0.29) is 0 Å². The standard InChI is InChI=1S/C13H16ClN5S/c1-8(12-15-4-5-20-12)7-19-10(6-14)16-11-9(2)17-18(3)13(11)19/h4-5,8H,6-7H2,1-3H3. The molecule has 1 atom stereocenters. The van der Waals surface area contributed by atoms with Crippen molar-refractivity contribution in [3.8, 4) is 0 Å². The van der Waals surface area contributed by atoms with Crippen LogP contribution in [0.4, 0.5) is 0 Å². The summed E-state index contributed by atoms with van der Waals surface area (Å²) < 4.78 is 4.04. The summed E-state index contributed by atoms with van der Waals surface area (Å²) in [5.41, 5.74) is 2.91. The molecule has 0 bridgehead atoms. The lowest BCUT2D eigenvalue weighted by molar-refractivity contribution is 0.576. The topological polar surface area (TPSA) is 48.5 Å². The first-order valence-electron chi connectivity index (χ1n) is 6.46. The summed E-state index contributed by atoms with van der Waals surface area (Å²) in [6, 6.07) is 0. The predicted octanol–water partition coefficient (Wildman–Crippen LogP) is 3.08. The normalized spacial score (nSPS) is 13.2. The van der Waals surface area contributed by atoms with E-state index in [1.165, 1.54) is 0 Å². The Morgan fingerprint density at radius 1 is 1.45 bits per heavy atom. The predicted molar refractivity (Wildman–Crippen MR) is 81.3 cm³/mol. The lowest BCUT2D eigenvalue weighted by Crippen LogP contribution is -2.11. The van der Waals surface area contributed by atoms with Crippen LogP contribution in [0.2, 0.25) is 0 Å². The molecule has 7 heteroatoms. The summed E-state index contributed by atoms with van der Waals surface area (Å²) in [6.07, 6.45) is 1.84. The lowest BCUT2D eigenvalue weighted by atomic mass is 10.2. The minimum atomic E-state index is 0.324. The highest BCUT2D eigenvalue weighted by atomic mass is 35.5. The Bertz CT molecular complexity index is 728. The highest BCUT2D eigenvalue weighted by Crippen LogP contribution is 2.25. The molecule has 3 heterocycles. The molecule has 106 valence electrons. The van der Waals surface area contributed by atoms with Gasteiger partial charge in [-0.3, -0.25) is 4.68 Å². The summed E-state index contributed by atoms with van der Waals surface area (Å²) >= 11 is 7.73. The largest absolute Gasteiger partial charge is 0.311 e. The lowest BCUT2D eigenvalue weighted by Gasteiger charge is -2.12. The van der Waals surface area contributed by atoms with E-state index in [9.17, 15) is 0 Å². The average Bonchev–Trinajstić information content (AvgIpc) is 3.10. The molecule has 0 saturated heterocycles. The van der Waals surface area contributed by atoms with Gasteiger partial charge in [0.2, 0.25) is 0 Å². The number of nitrogens with zero attached hydrogens (tertiary/aromatic N) is 5. The maximum atomic E-state index is 6.05. The molecule has 1 unspecified atom stereocenters. The zero-order valence-corrected chi connectivity index (χ0v) is 13.2. The number of alkyl halides is 1. The van der Waals surface area contributed by atoms with Gasteiger partial charge >= 0.3 is 0 Å². The van der Waals surface area contributed by atoms with Crippen LogP contribution in [-0.2, 0) is 19.5 Å². The van der Waals surface area contributed by atoms with Gasteiger partial charge in [-0.2, -0.15) is 5.10 Å². The van der Waals surface area contributed by atoms with Gasteiger partial charge < -0.3 is 4.57 Å². The minimum Gasteiger partial charge on any atom is -0.311 e. The van der Waals surface area contributed by atoms with E-state index in [4.69, 9.17) is 11.6 Å². The van der Waals surface area contributed by atoms with Gasteiger partial charge in [0.15, 0.2) is 5.65 Å². The molecule has 0 saturated carbocycles. The van der Waals surface area contributed by atoms with Gasteiger partial charge in [0.25, 0.3) is 0 Å². The Balaban J connectivity index is 2.05. The van der Waals surface area contributed by atoms with Crippen LogP contribution in [0.3, 0.4) is 0 Å². The molecule has 0 aliphatic heterocycles. The van der Waals surface area contributed by atoms with Crippen molar-refractivity contribution in [3.63, 3.8) is 0 Å². The molecule has 0 radical (unpaired) electrons. The highest BCUT2D eigenvalue weighted by Gasteiger charge is 2.19. The quantitative estimate of drug-likeness (QED) is 0.696. The number of fused-ring (bicyclic) bond motifs is 1. The maximum absolute atomic E-state index is 6.05. The van der Waals surface area contributed by atoms with Crippen molar-refractivity contribution in [1.29, 1.82) is 0 Å². The van der Waals surface area contributed by atoms with Gasteiger partial charge in [-0.05, 0) is 6.92 Å². The molecular weight excluding hydrogens is 294 g/mol. The Labute approximate surface area is 126 Å². The third-order valence-corrected chi connectivity index (χ3v) is 4.66. The van der Waals surface area contributed by atoms with E-state index >= 15 is 0 Å². The molecule has 0 N–H and O–H groups in total. The molecule has 0 aromatic carbocycles. The van der Waals surface area contributed by atoms with Gasteiger partial charge in [-0.15, -0.1) is 22.9 Å². The number of aryl methyl sites for hydroxylation is 2. The van der Waals surface area contributed by atoms with Crippen LogP contribution in [0, 0.1) is 6.92 Å². The Morgan fingerprint density at radius 3 is 2.90 bits per heavy atom. The highest BCUT2D eigenvalue weighted by molar-refractivity contribution is 7.09. The molecule has 20 heavy (non-hydrogen) atoms. The first kappa shape index (κ1) is 13.6. The number of rotatable bonds is 4. The Morgan fingerprint density at radius 2 is 2.25 bits per heavy atom. The number of hydrogen-bond donors (Lipinski definition) is 0. The summed E-state index contributed by atoms with van der Waals surface area (Å²) in [4.78, 5) is 9.01. The number of thiazole rings is 1. The van der Waals surface area contributed by atoms with Crippen LogP contribution >= 0.6 is 22.9 Å². The van der Waals surface area contributed by atoms with Crippen molar-refractivity contribution in [2.45, 2.75) is 32.2 Å². The fraction of sp³-hybridized carbons (Fsp3) is 0.462. The van der Waals surface area contributed by atoms with Gasteiger partial charge in [0.05, 0.1) is 16.6 Å². The second-order valence-electron chi connectivity index (χ2n) is 4.92. The molecule has 3 rings (SSSR count). The smallest absolute Gasteiger partial charge is 0.158 e. The van der Waals surface area contributed by atoms with E-state index in [0.717, 1.165) is 34.2 Å². The van der Waals surface area contributed by atoms with Gasteiger partial charge in [0, 0.05) is 31.1 Å². The van der Waals surface area contributed by atoms with Crippen molar-refractivity contribution in [3.05, 3.63) is 28.1 Å². The second kappa shape index (κ2) is 5.18. The molecular formula is C13H16ClN5S. The van der Waals surface area contributed by atoms with Crippen LogP contribution in [0.5, 0.6) is 0 Å². The monoisotopic (exact) mass is 309 g/mol. The van der Waals surface area contributed by atoms with E-state index in [1.807, 2.05) is 30.2 Å². The third-order valence-electron chi connectivity index (χ3n) is 3.42. The summed E-state index contributed by atoms with van der Waals surface area (Å²) in [6.45, 7) is 4.96. The summed E-state index contributed by atoms with van der Waals surface area (Å²) in [5.74, 6) is 1.62. The Kier molecular flexibility index (Phi) is 3.52. The molecule has 0 aliphatic carbocycles. The van der Waals surface area contributed by atoms with Crippen molar-refractivity contribution in [2.24, 2.45) is 7.05 Å². The van der Waals surface area contributed by atoms with E-state index in [1.54, 1.807) is 11.3 Å². The van der Waals surface area contributed by atoms with Crippen LogP contribution in [0.25, 0.3) is 11.2 Å². The number of aromatic nitrogens is 5. The first-order valence-corrected chi connectivity index (χ1v) is 7.87. The summed E-state index contributed by atoms with van der Waals surface area (Å²) in [7, 11) is 1.94. The van der Waals surface area contributed by atoms with Crippen molar-refractivity contribution >= 4 is 34.1 Å². The van der Waals surface area contributed by atoms with Crippen molar-refractivity contribution in [2.75, 3.05) is 0 Å². The second-order valence-corrected chi connectivity index (χ2v) is 6.12. The zero-order chi connectivity index (χ0) is 14.3. The maximum Gasteiger partial charge on any atom is 0.158 e. The SMILES string of the molecule is Cc1nn(C)c2c1nc(CCl)n2CC(C)c1nccs1. The van der Waals surface area contributed by atoms with Crippen LogP contribution < -0.4 is 0 Å². The van der Waals surface area contributed by atoms with Crippen LogP contribution in [0.15, 0.2) is 11.6 Å². The molecule has 0 amide bonds. The fourth-order valence-corrected chi connectivity index (χ4v) is 3.40. The molecule has 5 nitrogen and oxygen atoms in total. The minimum absolute atomic E-state index is 0.324. The van der Waals surface area contributed by atoms with E-state index in [0.29, 0.717) is 11.8 Å². The molecule has 0 fully saturated rings. The molecule has 3 aromatic rings. The van der Waals surface area contributed by atoms with Crippen LogP contribution in [-0.4, -0.2) is 24.3 Å². The summed E-state index contributed by atoms with van der Waals surface area (Å²) in [5, 5.41) is 7.57. The number of halogens is 1. The van der Waals surface area contributed by atoms with Crippen molar-refractivity contribution in [1.82, 2.24) is 24.3 Å². The van der Waals surface area contributed by atoms with Gasteiger partial charge in [-0.1, -0.05) is 6.92 Å². The average molecular weight is 310 g/mol. The number of hydrogen-bond acceptors (Lipinski definition) is 4. The van der Waals surface area contributed by atoms with Gasteiger partial charge in [0.1, 0.15) is 11.3 Å². The van der Waals surface area contributed by atoms with Crippen LogP contribution in [0.1, 0.15) is 29.4 Å². The molecule has 3 aromatic heterocycles. The van der Waals surface area contributed by atoms with Gasteiger partial charge in [-0.25, -0.2) is 9.97 Å².